The number of H-pyrrole nitrogens is 1. The van der Waals surface area contributed by atoms with Crippen molar-refractivity contribution in [2.75, 3.05) is 26.2 Å². The van der Waals surface area contributed by atoms with Gasteiger partial charge in [-0.15, -0.1) is 0 Å². The van der Waals surface area contributed by atoms with Crippen LogP contribution in [-0.4, -0.2) is 57.8 Å². The van der Waals surface area contributed by atoms with E-state index in [0.29, 0.717) is 5.56 Å². The second-order valence-electron chi connectivity index (χ2n) is 6.44. The molecular weight excluding hydrogens is 373 g/mol. The molecular formula is C19H15F3N4O2. The Bertz CT molecular complexity index is 1070. The molecule has 0 bridgehead atoms. The SMILES string of the molecule is O=C(c1ccc2nc[nH]c2c1)N1CCN(C(=O)c2ccc(F)c(F)c2F)CC1. The van der Waals surface area contributed by atoms with E-state index < -0.39 is 28.9 Å². The molecule has 4 rings (SSSR count). The van der Waals surface area contributed by atoms with Gasteiger partial charge in [-0.2, -0.15) is 0 Å². The summed E-state index contributed by atoms with van der Waals surface area (Å²) in [5, 5.41) is 0. The van der Waals surface area contributed by atoms with Crippen molar-refractivity contribution in [2.24, 2.45) is 0 Å². The molecule has 0 aliphatic carbocycles. The molecule has 1 aromatic heterocycles. The third-order valence-electron chi connectivity index (χ3n) is 4.79. The van der Waals surface area contributed by atoms with Crippen molar-refractivity contribution in [3.05, 3.63) is 65.2 Å². The van der Waals surface area contributed by atoms with Crippen LogP contribution in [0.3, 0.4) is 0 Å². The first kappa shape index (κ1) is 18.0. The monoisotopic (exact) mass is 388 g/mol. The molecule has 6 nitrogen and oxygen atoms in total. The summed E-state index contributed by atoms with van der Waals surface area (Å²) >= 11 is 0. The van der Waals surface area contributed by atoms with E-state index in [0.717, 1.165) is 23.2 Å². The van der Waals surface area contributed by atoms with E-state index >= 15 is 0 Å². The van der Waals surface area contributed by atoms with Gasteiger partial charge in [0.05, 0.1) is 22.9 Å². The molecule has 3 aromatic rings. The van der Waals surface area contributed by atoms with Crippen molar-refractivity contribution in [3.8, 4) is 0 Å². The summed E-state index contributed by atoms with van der Waals surface area (Å²) in [4.78, 5) is 35.1. The van der Waals surface area contributed by atoms with Crippen molar-refractivity contribution in [1.29, 1.82) is 0 Å². The summed E-state index contributed by atoms with van der Waals surface area (Å²) in [6.45, 7) is 0.818. The number of hydrogen-bond acceptors (Lipinski definition) is 3. The molecule has 0 saturated carbocycles. The highest BCUT2D eigenvalue weighted by atomic mass is 19.2. The summed E-state index contributed by atoms with van der Waals surface area (Å²) in [6, 6.07) is 6.77. The van der Waals surface area contributed by atoms with E-state index in [4.69, 9.17) is 0 Å². The first-order valence-corrected chi connectivity index (χ1v) is 8.61. The molecule has 28 heavy (non-hydrogen) atoms. The Hall–Kier alpha value is -3.36. The number of amides is 2. The maximum atomic E-state index is 13.9. The minimum absolute atomic E-state index is 0.162. The normalized spacial score (nSPS) is 14.5. The Morgan fingerprint density at radius 2 is 1.57 bits per heavy atom. The van der Waals surface area contributed by atoms with Crippen molar-refractivity contribution in [1.82, 2.24) is 19.8 Å². The second-order valence-corrected chi connectivity index (χ2v) is 6.44. The van der Waals surface area contributed by atoms with Gasteiger partial charge in [-0.05, 0) is 30.3 Å². The predicted molar refractivity (Wildman–Crippen MR) is 94.2 cm³/mol. The fraction of sp³-hybridized carbons (Fsp3) is 0.211. The van der Waals surface area contributed by atoms with Gasteiger partial charge in [0.2, 0.25) is 0 Å². The van der Waals surface area contributed by atoms with Crippen LogP contribution < -0.4 is 0 Å². The highest BCUT2D eigenvalue weighted by molar-refractivity contribution is 5.98. The average molecular weight is 388 g/mol. The zero-order valence-electron chi connectivity index (χ0n) is 14.6. The number of aromatic nitrogens is 2. The van der Waals surface area contributed by atoms with Crippen molar-refractivity contribution >= 4 is 22.8 Å². The van der Waals surface area contributed by atoms with Gasteiger partial charge < -0.3 is 14.8 Å². The molecule has 2 aromatic carbocycles. The van der Waals surface area contributed by atoms with Crippen LogP contribution in [0.1, 0.15) is 20.7 Å². The zero-order valence-corrected chi connectivity index (χ0v) is 14.6. The van der Waals surface area contributed by atoms with Crippen LogP contribution in [0.5, 0.6) is 0 Å². The number of carbonyl (C=O) groups is 2. The number of hydrogen-bond donors (Lipinski definition) is 1. The zero-order chi connectivity index (χ0) is 19.8. The number of carbonyl (C=O) groups excluding carboxylic acids is 2. The number of imidazole rings is 1. The Labute approximate surface area is 157 Å². The van der Waals surface area contributed by atoms with Gasteiger partial charge in [0.1, 0.15) is 0 Å². The van der Waals surface area contributed by atoms with E-state index in [1.165, 1.54) is 4.90 Å². The first-order valence-electron chi connectivity index (χ1n) is 8.61. The standard InChI is InChI=1S/C19H15F3N4O2/c20-13-3-2-12(16(21)17(13)22)19(28)26-7-5-25(6-8-26)18(27)11-1-4-14-15(9-11)24-10-23-14/h1-4,9-10H,5-8H2,(H,23,24). The smallest absolute Gasteiger partial charge is 0.257 e. The fourth-order valence-electron chi connectivity index (χ4n) is 3.23. The van der Waals surface area contributed by atoms with E-state index in [9.17, 15) is 22.8 Å². The molecule has 0 unspecified atom stereocenters. The number of nitrogens with one attached hydrogen (secondary N) is 1. The summed E-state index contributed by atoms with van der Waals surface area (Å²) in [7, 11) is 0. The summed E-state index contributed by atoms with van der Waals surface area (Å²) in [5.74, 6) is -5.45. The van der Waals surface area contributed by atoms with E-state index in [2.05, 4.69) is 9.97 Å². The van der Waals surface area contributed by atoms with Gasteiger partial charge in [0.25, 0.3) is 11.8 Å². The first-order chi connectivity index (χ1) is 13.5. The van der Waals surface area contributed by atoms with E-state index in [1.807, 2.05) is 0 Å². The van der Waals surface area contributed by atoms with Crippen LogP contribution in [0.2, 0.25) is 0 Å². The molecule has 2 amide bonds. The van der Waals surface area contributed by atoms with Gasteiger partial charge in [0, 0.05) is 31.7 Å². The Morgan fingerprint density at radius 1 is 0.893 bits per heavy atom. The lowest BCUT2D eigenvalue weighted by Gasteiger charge is -2.35. The number of rotatable bonds is 2. The third kappa shape index (κ3) is 3.08. The van der Waals surface area contributed by atoms with Crippen molar-refractivity contribution < 1.29 is 22.8 Å². The van der Waals surface area contributed by atoms with Gasteiger partial charge >= 0.3 is 0 Å². The van der Waals surface area contributed by atoms with E-state index in [1.54, 1.807) is 29.4 Å². The molecule has 0 atom stereocenters. The highest BCUT2D eigenvalue weighted by Gasteiger charge is 2.28. The van der Waals surface area contributed by atoms with Crippen LogP contribution in [-0.2, 0) is 0 Å². The second kappa shape index (κ2) is 6.99. The van der Waals surface area contributed by atoms with Gasteiger partial charge in [-0.1, -0.05) is 0 Å². The van der Waals surface area contributed by atoms with Crippen LogP contribution >= 0.6 is 0 Å². The van der Waals surface area contributed by atoms with Crippen LogP contribution in [0.25, 0.3) is 11.0 Å². The number of nitrogens with zero attached hydrogens (tertiary/aromatic N) is 3. The van der Waals surface area contributed by atoms with Crippen molar-refractivity contribution in [2.45, 2.75) is 0 Å². The molecule has 2 heterocycles. The largest absolute Gasteiger partial charge is 0.345 e. The predicted octanol–water partition coefficient (Wildman–Crippen LogP) is 2.58. The Morgan fingerprint density at radius 3 is 2.29 bits per heavy atom. The molecule has 1 fully saturated rings. The number of aromatic amines is 1. The molecule has 1 aliphatic rings. The molecule has 9 heteroatoms. The average Bonchev–Trinajstić information content (AvgIpc) is 3.19. The maximum absolute atomic E-state index is 13.9. The summed E-state index contributed by atoms with van der Waals surface area (Å²) in [6.07, 6.45) is 1.54. The molecule has 1 N–H and O–H groups in total. The molecule has 1 aliphatic heterocycles. The Kier molecular flexibility index (Phi) is 4.50. The molecule has 144 valence electrons. The summed E-state index contributed by atoms with van der Waals surface area (Å²) < 4.78 is 40.3. The van der Waals surface area contributed by atoms with Gasteiger partial charge in [-0.3, -0.25) is 9.59 Å². The molecule has 0 radical (unpaired) electrons. The molecule has 1 saturated heterocycles. The van der Waals surface area contributed by atoms with Crippen LogP contribution in [0, 0.1) is 17.5 Å². The van der Waals surface area contributed by atoms with Crippen molar-refractivity contribution in [3.63, 3.8) is 0 Å². The minimum Gasteiger partial charge on any atom is -0.345 e. The third-order valence-corrected chi connectivity index (χ3v) is 4.79. The number of fused-ring (bicyclic) bond motifs is 1. The lowest BCUT2D eigenvalue weighted by Crippen LogP contribution is -2.50. The maximum Gasteiger partial charge on any atom is 0.257 e. The van der Waals surface area contributed by atoms with Crippen LogP contribution in [0.4, 0.5) is 13.2 Å². The summed E-state index contributed by atoms with van der Waals surface area (Å²) in [5.41, 5.74) is 1.46. The number of piperazine rings is 1. The molecule has 0 spiro atoms. The van der Waals surface area contributed by atoms with Gasteiger partial charge in [-0.25, -0.2) is 18.2 Å². The number of halogens is 3. The lowest BCUT2D eigenvalue weighted by atomic mass is 10.1. The lowest BCUT2D eigenvalue weighted by molar-refractivity contribution is 0.0532. The van der Waals surface area contributed by atoms with Crippen LogP contribution in [0.15, 0.2) is 36.7 Å². The fourth-order valence-corrected chi connectivity index (χ4v) is 3.23. The quantitative estimate of drug-likeness (QED) is 0.686. The Balaban J connectivity index is 1.44. The highest BCUT2D eigenvalue weighted by Crippen LogP contribution is 2.19. The topological polar surface area (TPSA) is 69.3 Å². The van der Waals surface area contributed by atoms with E-state index in [-0.39, 0.29) is 32.1 Å². The van der Waals surface area contributed by atoms with Gasteiger partial charge in [0.15, 0.2) is 17.5 Å². The number of benzene rings is 2. The minimum atomic E-state index is -1.67.